The molecular weight excluding hydrogens is 420 g/mol. The Bertz CT molecular complexity index is 934. The highest BCUT2D eigenvalue weighted by molar-refractivity contribution is 7.99. The molecule has 0 saturated heterocycles. The summed E-state index contributed by atoms with van der Waals surface area (Å²) in [5, 5.41) is 13.1. The van der Waals surface area contributed by atoms with Crippen LogP contribution in [0.3, 0.4) is 0 Å². The number of hydrogen-bond acceptors (Lipinski definition) is 4. The van der Waals surface area contributed by atoms with Gasteiger partial charge in [0, 0.05) is 23.3 Å². The number of benzene rings is 3. The standard InChI is InChI=1S/C24H23F2NO3S/c1-16(28)27-21-10-12-23(13-11-21)31-15-22(29)14-30-24(17-2-6-19(25)7-3-17)18-4-8-20(26)9-5-18/h2-13,22,24,29H,14-15H2,1H3,(H,27,28)/t22-/m0/s1. The van der Waals surface area contributed by atoms with E-state index in [4.69, 9.17) is 4.74 Å². The fourth-order valence-electron chi connectivity index (χ4n) is 2.95. The van der Waals surface area contributed by atoms with E-state index in [1.165, 1.54) is 43.0 Å². The van der Waals surface area contributed by atoms with Crippen molar-refractivity contribution < 1.29 is 23.4 Å². The molecule has 2 N–H and O–H groups in total. The number of rotatable bonds is 9. The van der Waals surface area contributed by atoms with Gasteiger partial charge in [0.15, 0.2) is 0 Å². The van der Waals surface area contributed by atoms with Gasteiger partial charge < -0.3 is 15.2 Å². The molecule has 0 spiro atoms. The number of anilines is 1. The molecule has 0 aromatic heterocycles. The van der Waals surface area contributed by atoms with E-state index >= 15 is 0 Å². The molecule has 0 heterocycles. The minimum absolute atomic E-state index is 0.0520. The summed E-state index contributed by atoms with van der Waals surface area (Å²) in [6.07, 6.45) is -1.30. The highest BCUT2D eigenvalue weighted by Crippen LogP contribution is 2.27. The van der Waals surface area contributed by atoms with Gasteiger partial charge in [0.2, 0.25) is 5.91 Å². The van der Waals surface area contributed by atoms with Gasteiger partial charge in [-0.1, -0.05) is 24.3 Å². The second kappa shape index (κ2) is 11.0. The van der Waals surface area contributed by atoms with Gasteiger partial charge in [0.1, 0.15) is 17.7 Å². The third-order valence-corrected chi connectivity index (χ3v) is 5.57. The van der Waals surface area contributed by atoms with Crippen LogP contribution in [-0.4, -0.2) is 29.5 Å². The first kappa shape index (κ1) is 22.9. The first-order valence-electron chi connectivity index (χ1n) is 9.72. The molecule has 0 fully saturated rings. The number of nitrogens with one attached hydrogen (secondary N) is 1. The number of thioether (sulfide) groups is 1. The van der Waals surface area contributed by atoms with Crippen LogP contribution >= 0.6 is 11.8 Å². The van der Waals surface area contributed by atoms with Crippen molar-refractivity contribution >= 4 is 23.4 Å². The predicted octanol–water partition coefficient (Wildman–Crippen LogP) is 5.18. The Balaban J connectivity index is 1.59. The molecule has 0 aliphatic carbocycles. The van der Waals surface area contributed by atoms with Crippen molar-refractivity contribution in [1.82, 2.24) is 0 Å². The molecular formula is C24H23F2NO3S. The van der Waals surface area contributed by atoms with Gasteiger partial charge in [-0.15, -0.1) is 11.8 Å². The van der Waals surface area contributed by atoms with Crippen LogP contribution in [-0.2, 0) is 9.53 Å². The number of ether oxygens (including phenoxy) is 1. The number of aliphatic hydroxyl groups excluding tert-OH is 1. The van der Waals surface area contributed by atoms with Crippen molar-refractivity contribution in [2.75, 3.05) is 17.7 Å². The Kier molecular flexibility index (Phi) is 8.17. The predicted molar refractivity (Wildman–Crippen MR) is 118 cm³/mol. The van der Waals surface area contributed by atoms with E-state index in [2.05, 4.69) is 5.32 Å². The van der Waals surface area contributed by atoms with Crippen LogP contribution < -0.4 is 5.32 Å². The Labute approximate surface area is 184 Å². The van der Waals surface area contributed by atoms with Crippen molar-refractivity contribution in [3.8, 4) is 0 Å². The third-order valence-electron chi connectivity index (χ3n) is 4.42. The number of aliphatic hydroxyl groups is 1. The van der Waals surface area contributed by atoms with E-state index in [9.17, 15) is 18.7 Å². The molecule has 0 aliphatic rings. The molecule has 162 valence electrons. The highest BCUT2D eigenvalue weighted by Gasteiger charge is 2.17. The van der Waals surface area contributed by atoms with Crippen LogP contribution in [0.25, 0.3) is 0 Å². The maximum atomic E-state index is 13.3. The van der Waals surface area contributed by atoms with Crippen molar-refractivity contribution in [2.24, 2.45) is 0 Å². The molecule has 3 aromatic rings. The maximum absolute atomic E-state index is 13.3. The number of amides is 1. The normalized spacial score (nSPS) is 12.0. The van der Waals surface area contributed by atoms with Crippen molar-refractivity contribution in [3.63, 3.8) is 0 Å². The Hall–Kier alpha value is -2.74. The summed E-state index contributed by atoms with van der Waals surface area (Å²) in [5.41, 5.74) is 2.13. The van der Waals surface area contributed by atoms with Gasteiger partial charge in [-0.25, -0.2) is 8.78 Å². The lowest BCUT2D eigenvalue weighted by Gasteiger charge is -2.21. The van der Waals surface area contributed by atoms with E-state index in [0.717, 1.165) is 4.90 Å². The average Bonchev–Trinajstić information content (AvgIpc) is 2.75. The van der Waals surface area contributed by atoms with E-state index in [1.54, 1.807) is 36.4 Å². The largest absolute Gasteiger partial charge is 0.390 e. The van der Waals surface area contributed by atoms with E-state index < -0.39 is 12.2 Å². The molecule has 0 saturated carbocycles. The zero-order valence-corrected chi connectivity index (χ0v) is 17.7. The van der Waals surface area contributed by atoms with Gasteiger partial charge in [0.05, 0.1) is 12.7 Å². The van der Waals surface area contributed by atoms with Crippen LogP contribution in [0.4, 0.5) is 14.5 Å². The van der Waals surface area contributed by atoms with Crippen LogP contribution in [0.1, 0.15) is 24.2 Å². The average molecular weight is 444 g/mol. The monoisotopic (exact) mass is 443 g/mol. The Morgan fingerprint density at radius 1 is 0.935 bits per heavy atom. The fraction of sp³-hybridized carbons (Fsp3) is 0.208. The molecule has 1 amide bonds. The SMILES string of the molecule is CC(=O)Nc1ccc(SC[C@@H](O)COC(c2ccc(F)cc2)c2ccc(F)cc2)cc1. The van der Waals surface area contributed by atoms with Gasteiger partial charge in [0.25, 0.3) is 0 Å². The fourth-order valence-corrected chi connectivity index (χ4v) is 3.76. The molecule has 1 atom stereocenters. The summed E-state index contributed by atoms with van der Waals surface area (Å²) in [6, 6.07) is 19.1. The molecule has 0 unspecified atom stereocenters. The highest BCUT2D eigenvalue weighted by atomic mass is 32.2. The van der Waals surface area contributed by atoms with Gasteiger partial charge in [-0.3, -0.25) is 4.79 Å². The summed E-state index contributed by atoms with van der Waals surface area (Å²) in [4.78, 5) is 12.0. The molecule has 7 heteroatoms. The Morgan fingerprint density at radius 2 is 1.45 bits per heavy atom. The quantitative estimate of drug-likeness (QED) is 0.447. The number of halogens is 2. The summed E-state index contributed by atoms with van der Waals surface area (Å²) in [6.45, 7) is 1.50. The second-order valence-electron chi connectivity index (χ2n) is 6.99. The van der Waals surface area contributed by atoms with Crippen molar-refractivity contribution in [1.29, 1.82) is 0 Å². The Morgan fingerprint density at radius 3 is 1.94 bits per heavy atom. The number of carbonyl (C=O) groups is 1. The summed E-state index contributed by atoms with van der Waals surface area (Å²) >= 11 is 1.46. The maximum Gasteiger partial charge on any atom is 0.221 e. The van der Waals surface area contributed by atoms with E-state index in [-0.39, 0.29) is 24.1 Å². The van der Waals surface area contributed by atoms with Crippen molar-refractivity contribution in [2.45, 2.75) is 24.0 Å². The first-order valence-corrected chi connectivity index (χ1v) is 10.7. The summed E-state index contributed by atoms with van der Waals surface area (Å²) in [7, 11) is 0. The lowest BCUT2D eigenvalue weighted by molar-refractivity contribution is -0.114. The van der Waals surface area contributed by atoms with Crippen LogP contribution in [0.15, 0.2) is 77.7 Å². The van der Waals surface area contributed by atoms with Crippen LogP contribution in [0, 0.1) is 11.6 Å². The van der Waals surface area contributed by atoms with Gasteiger partial charge in [-0.2, -0.15) is 0 Å². The molecule has 0 aliphatic heterocycles. The van der Waals surface area contributed by atoms with Crippen LogP contribution in [0.5, 0.6) is 0 Å². The molecule has 31 heavy (non-hydrogen) atoms. The lowest BCUT2D eigenvalue weighted by Crippen LogP contribution is -2.20. The molecule has 4 nitrogen and oxygen atoms in total. The minimum Gasteiger partial charge on any atom is -0.390 e. The summed E-state index contributed by atoms with van der Waals surface area (Å²) in [5.74, 6) is -0.450. The summed E-state index contributed by atoms with van der Waals surface area (Å²) < 4.78 is 32.6. The third kappa shape index (κ3) is 7.17. The molecule has 3 aromatic carbocycles. The second-order valence-corrected chi connectivity index (χ2v) is 8.08. The van der Waals surface area contributed by atoms with Crippen LogP contribution in [0.2, 0.25) is 0 Å². The lowest BCUT2D eigenvalue weighted by atomic mass is 10.0. The zero-order chi connectivity index (χ0) is 22.2. The van der Waals surface area contributed by atoms with E-state index in [1.807, 2.05) is 12.1 Å². The molecule has 0 radical (unpaired) electrons. The van der Waals surface area contributed by atoms with E-state index in [0.29, 0.717) is 22.6 Å². The molecule has 3 rings (SSSR count). The van der Waals surface area contributed by atoms with Crippen molar-refractivity contribution in [3.05, 3.63) is 95.6 Å². The number of carbonyl (C=O) groups excluding carboxylic acids is 1. The smallest absolute Gasteiger partial charge is 0.221 e. The van der Waals surface area contributed by atoms with Gasteiger partial charge in [-0.05, 0) is 59.7 Å². The van der Waals surface area contributed by atoms with Gasteiger partial charge >= 0.3 is 0 Å². The minimum atomic E-state index is -0.747. The topological polar surface area (TPSA) is 58.6 Å². The zero-order valence-electron chi connectivity index (χ0n) is 16.9. The number of hydrogen-bond donors (Lipinski definition) is 2. The first-order chi connectivity index (χ1) is 14.9. The molecule has 0 bridgehead atoms.